The first-order chi connectivity index (χ1) is 15.5. The van der Waals surface area contributed by atoms with Crippen molar-refractivity contribution >= 4 is 11.6 Å². The van der Waals surface area contributed by atoms with Crippen LogP contribution in [0.5, 0.6) is 5.75 Å². The van der Waals surface area contributed by atoms with E-state index in [0.717, 1.165) is 53.6 Å². The van der Waals surface area contributed by atoms with Crippen molar-refractivity contribution in [3.63, 3.8) is 0 Å². The molecule has 0 atom stereocenters. The van der Waals surface area contributed by atoms with Crippen LogP contribution in [0.3, 0.4) is 0 Å². The molecule has 1 amide bonds. The number of amides is 1. The number of aryl methyl sites for hydroxylation is 3. The van der Waals surface area contributed by atoms with E-state index in [1.807, 2.05) is 51.4 Å². The second-order valence-electron chi connectivity index (χ2n) is 8.23. The molecule has 2 aromatic heterocycles. The smallest absolute Gasteiger partial charge is 0.230 e. The van der Waals surface area contributed by atoms with Gasteiger partial charge >= 0.3 is 0 Å². The Morgan fingerprint density at radius 2 is 1.88 bits per heavy atom. The van der Waals surface area contributed by atoms with E-state index in [2.05, 4.69) is 25.3 Å². The molecule has 1 aromatic carbocycles. The van der Waals surface area contributed by atoms with Crippen molar-refractivity contribution in [3.8, 4) is 16.9 Å². The molecule has 8 nitrogen and oxygen atoms in total. The molecule has 1 aliphatic rings. The highest BCUT2D eigenvalue weighted by Gasteiger charge is 2.17. The lowest BCUT2D eigenvalue weighted by Gasteiger charge is -2.18. The van der Waals surface area contributed by atoms with Gasteiger partial charge in [-0.2, -0.15) is 5.10 Å². The average molecular weight is 435 g/mol. The number of carbonyl (C=O) groups is 1. The van der Waals surface area contributed by atoms with Crippen LogP contribution in [-0.2, 0) is 18.3 Å². The van der Waals surface area contributed by atoms with Gasteiger partial charge in [-0.25, -0.2) is 9.97 Å². The van der Waals surface area contributed by atoms with E-state index in [4.69, 9.17) is 4.74 Å². The van der Waals surface area contributed by atoms with Gasteiger partial charge in [-0.15, -0.1) is 0 Å². The molecule has 1 aliphatic heterocycles. The molecule has 32 heavy (non-hydrogen) atoms. The molecule has 1 saturated heterocycles. The number of rotatable bonds is 8. The summed E-state index contributed by atoms with van der Waals surface area (Å²) in [6.45, 7) is 7.73. The minimum absolute atomic E-state index is 0.116. The van der Waals surface area contributed by atoms with Crippen molar-refractivity contribution < 1.29 is 9.53 Å². The van der Waals surface area contributed by atoms with Crippen LogP contribution >= 0.6 is 0 Å². The van der Waals surface area contributed by atoms with Crippen molar-refractivity contribution in [2.75, 3.05) is 31.6 Å². The zero-order valence-corrected chi connectivity index (χ0v) is 19.0. The van der Waals surface area contributed by atoms with E-state index in [1.54, 1.807) is 11.0 Å². The fraction of sp³-hybridized carbons (Fsp3) is 0.417. The van der Waals surface area contributed by atoms with Gasteiger partial charge < -0.3 is 10.1 Å². The van der Waals surface area contributed by atoms with Gasteiger partial charge in [-0.3, -0.25) is 14.4 Å². The molecule has 0 aliphatic carbocycles. The molecule has 8 heteroatoms. The maximum absolute atomic E-state index is 12.6. The Balaban J connectivity index is 1.55. The Morgan fingerprint density at radius 1 is 1.12 bits per heavy atom. The van der Waals surface area contributed by atoms with E-state index in [9.17, 15) is 4.79 Å². The molecule has 4 rings (SSSR count). The average Bonchev–Trinajstić information content (AvgIpc) is 3.41. The second-order valence-corrected chi connectivity index (χ2v) is 8.23. The number of likely N-dealkylation sites (tertiary alicyclic amines) is 1. The Hall–Kier alpha value is -3.26. The summed E-state index contributed by atoms with van der Waals surface area (Å²) < 4.78 is 7.89. The molecule has 0 saturated carbocycles. The van der Waals surface area contributed by atoms with Gasteiger partial charge in [-0.05, 0) is 64.0 Å². The summed E-state index contributed by atoms with van der Waals surface area (Å²) in [6, 6.07) is 7.58. The predicted molar refractivity (Wildman–Crippen MR) is 124 cm³/mol. The molecule has 3 heterocycles. The minimum Gasteiger partial charge on any atom is -0.492 e. The van der Waals surface area contributed by atoms with Crippen LogP contribution in [0.15, 0.2) is 36.8 Å². The van der Waals surface area contributed by atoms with Crippen LogP contribution in [0.1, 0.15) is 29.9 Å². The molecule has 0 unspecified atom stereocenters. The van der Waals surface area contributed by atoms with E-state index < -0.39 is 0 Å². The summed E-state index contributed by atoms with van der Waals surface area (Å²) in [5.41, 5.74) is 5.01. The Labute approximate surface area is 188 Å². The van der Waals surface area contributed by atoms with E-state index in [0.29, 0.717) is 12.3 Å². The number of nitrogens with one attached hydrogen (secondary N) is 1. The lowest BCUT2D eigenvalue weighted by molar-refractivity contribution is -0.115. The molecular weight excluding hydrogens is 404 g/mol. The SMILES string of the molecule is Cc1ncnc(C)c1-c1cc(NC(=O)Cc2ccn(C)n2)ccc1OCCN1CCCC1. The van der Waals surface area contributed by atoms with E-state index in [-0.39, 0.29) is 12.3 Å². The first kappa shape index (κ1) is 22.0. The molecule has 0 radical (unpaired) electrons. The monoisotopic (exact) mass is 434 g/mol. The number of hydrogen-bond acceptors (Lipinski definition) is 6. The molecule has 1 fully saturated rings. The number of benzene rings is 1. The Bertz CT molecular complexity index is 1070. The first-order valence-electron chi connectivity index (χ1n) is 11.1. The Morgan fingerprint density at radius 3 is 2.56 bits per heavy atom. The largest absolute Gasteiger partial charge is 0.492 e. The fourth-order valence-electron chi connectivity index (χ4n) is 4.13. The number of carbonyl (C=O) groups excluding carboxylic acids is 1. The summed E-state index contributed by atoms with van der Waals surface area (Å²) in [4.78, 5) is 23.7. The molecule has 0 bridgehead atoms. The maximum atomic E-state index is 12.6. The molecule has 1 N–H and O–H groups in total. The van der Waals surface area contributed by atoms with Crippen molar-refractivity contribution in [1.82, 2.24) is 24.6 Å². The summed E-state index contributed by atoms with van der Waals surface area (Å²) >= 11 is 0. The summed E-state index contributed by atoms with van der Waals surface area (Å²) in [5.74, 6) is 0.656. The molecular formula is C24H30N6O2. The lowest BCUT2D eigenvalue weighted by atomic mass is 10.0. The predicted octanol–water partition coefficient (Wildman–Crippen LogP) is 3.15. The highest BCUT2D eigenvalue weighted by atomic mass is 16.5. The number of aromatic nitrogens is 4. The number of ether oxygens (including phenoxy) is 1. The standard InChI is InChI=1S/C24H30N6O2/c1-17-24(18(2)26-16-25-17)21-14-19(27-23(31)15-20-8-11-29(3)28-20)6-7-22(21)32-13-12-30-9-4-5-10-30/h6-8,11,14,16H,4-5,9-10,12-13,15H2,1-3H3,(H,27,31). The molecule has 0 spiro atoms. The highest BCUT2D eigenvalue weighted by molar-refractivity contribution is 5.93. The summed E-state index contributed by atoms with van der Waals surface area (Å²) in [6.07, 6.45) is 6.14. The first-order valence-corrected chi connectivity index (χ1v) is 11.1. The second kappa shape index (κ2) is 9.91. The van der Waals surface area contributed by atoms with Gasteiger partial charge in [0.25, 0.3) is 0 Å². The van der Waals surface area contributed by atoms with Crippen LogP contribution in [-0.4, -0.2) is 56.8 Å². The highest BCUT2D eigenvalue weighted by Crippen LogP contribution is 2.35. The zero-order chi connectivity index (χ0) is 22.5. The lowest BCUT2D eigenvalue weighted by Crippen LogP contribution is -2.25. The minimum atomic E-state index is -0.116. The number of anilines is 1. The van der Waals surface area contributed by atoms with Crippen molar-refractivity contribution in [2.45, 2.75) is 33.1 Å². The van der Waals surface area contributed by atoms with E-state index >= 15 is 0 Å². The quantitative estimate of drug-likeness (QED) is 0.586. The van der Waals surface area contributed by atoms with Crippen LogP contribution in [0.4, 0.5) is 5.69 Å². The zero-order valence-electron chi connectivity index (χ0n) is 19.0. The fourth-order valence-corrected chi connectivity index (χ4v) is 4.13. The van der Waals surface area contributed by atoms with Gasteiger partial charge in [0.05, 0.1) is 12.1 Å². The van der Waals surface area contributed by atoms with Crippen molar-refractivity contribution in [2.24, 2.45) is 7.05 Å². The van der Waals surface area contributed by atoms with Gasteiger partial charge in [0, 0.05) is 48.0 Å². The van der Waals surface area contributed by atoms with Gasteiger partial charge in [0.15, 0.2) is 0 Å². The third-order valence-electron chi connectivity index (χ3n) is 5.73. The number of nitrogens with zero attached hydrogens (tertiary/aromatic N) is 5. The Kier molecular flexibility index (Phi) is 6.80. The van der Waals surface area contributed by atoms with Crippen LogP contribution in [0.2, 0.25) is 0 Å². The van der Waals surface area contributed by atoms with Crippen molar-refractivity contribution in [3.05, 3.63) is 53.9 Å². The third-order valence-corrected chi connectivity index (χ3v) is 5.73. The normalized spacial score (nSPS) is 14.0. The van der Waals surface area contributed by atoms with Gasteiger partial charge in [0.1, 0.15) is 18.7 Å². The van der Waals surface area contributed by atoms with Gasteiger partial charge in [0.2, 0.25) is 5.91 Å². The molecule has 3 aromatic rings. The van der Waals surface area contributed by atoms with Crippen LogP contribution in [0, 0.1) is 13.8 Å². The van der Waals surface area contributed by atoms with Crippen molar-refractivity contribution in [1.29, 1.82) is 0 Å². The van der Waals surface area contributed by atoms with Crippen LogP contribution in [0.25, 0.3) is 11.1 Å². The van der Waals surface area contributed by atoms with Crippen LogP contribution < -0.4 is 10.1 Å². The third kappa shape index (κ3) is 5.31. The topological polar surface area (TPSA) is 85.2 Å². The van der Waals surface area contributed by atoms with Gasteiger partial charge in [-0.1, -0.05) is 0 Å². The summed E-state index contributed by atoms with van der Waals surface area (Å²) in [7, 11) is 1.84. The molecule has 168 valence electrons. The number of hydrogen-bond donors (Lipinski definition) is 1. The maximum Gasteiger partial charge on any atom is 0.230 e. The van der Waals surface area contributed by atoms with E-state index in [1.165, 1.54) is 12.8 Å². The summed E-state index contributed by atoms with van der Waals surface area (Å²) in [5, 5.41) is 7.26.